The van der Waals surface area contributed by atoms with Crippen molar-refractivity contribution in [2.75, 3.05) is 39.6 Å². The Morgan fingerprint density at radius 1 is 0.864 bits per heavy atom. The summed E-state index contributed by atoms with van der Waals surface area (Å²) in [7, 11) is 0. The highest BCUT2D eigenvalue weighted by atomic mass is 16.5. The van der Waals surface area contributed by atoms with E-state index in [4.69, 9.17) is 18.9 Å². The highest BCUT2D eigenvalue weighted by Gasteiger charge is 2.33. The summed E-state index contributed by atoms with van der Waals surface area (Å²) < 4.78 is 22.2. The van der Waals surface area contributed by atoms with E-state index in [2.05, 4.69) is 13.8 Å². The van der Waals surface area contributed by atoms with Crippen LogP contribution in [0.25, 0.3) is 0 Å². The van der Waals surface area contributed by atoms with Gasteiger partial charge in [-0.25, -0.2) is 0 Å². The van der Waals surface area contributed by atoms with Crippen molar-refractivity contribution in [1.29, 1.82) is 0 Å². The lowest BCUT2D eigenvalue weighted by molar-refractivity contribution is -0.110. The molecule has 0 aromatic heterocycles. The van der Waals surface area contributed by atoms with Gasteiger partial charge in [0.05, 0.1) is 39.6 Å². The van der Waals surface area contributed by atoms with Gasteiger partial charge in [-0.05, 0) is 25.0 Å². The first-order valence-corrected chi connectivity index (χ1v) is 8.08. The predicted molar refractivity (Wildman–Crippen MR) is 84.5 cm³/mol. The van der Waals surface area contributed by atoms with Crippen LogP contribution in [0.2, 0.25) is 0 Å². The second-order valence-corrected chi connectivity index (χ2v) is 7.28. The lowest BCUT2D eigenvalue weighted by atomic mass is 9.85. The van der Waals surface area contributed by atoms with Gasteiger partial charge in [-0.1, -0.05) is 19.9 Å². The molecule has 2 heterocycles. The molecule has 0 saturated carbocycles. The van der Waals surface area contributed by atoms with Gasteiger partial charge in [0.2, 0.25) is 0 Å². The molecular formula is C18H26O4. The van der Waals surface area contributed by atoms with Gasteiger partial charge in [-0.15, -0.1) is 0 Å². The normalized spacial score (nSPS) is 21.5. The monoisotopic (exact) mass is 306 g/mol. The predicted octanol–water partition coefficient (Wildman–Crippen LogP) is 3.30. The van der Waals surface area contributed by atoms with E-state index in [0.717, 1.165) is 64.0 Å². The summed E-state index contributed by atoms with van der Waals surface area (Å²) in [6.07, 6.45) is 2.05. The van der Waals surface area contributed by atoms with Gasteiger partial charge in [0, 0.05) is 16.9 Å². The first-order chi connectivity index (χ1) is 10.6. The maximum absolute atomic E-state index is 5.84. The van der Waals surface area contributed by atoms with Gasteiger partial charge >= 0.3 is 0 Å². The molecule has 0 unspecified atom stereocenters. The molecule has 2 aliphatic rings. The SMILES string of the molecule is CC1(CCOc2cccc(OCCC3(C)COC3)c2)COC1. The lowest BCUT2D eigenvalue weighted by Crippen LogP contribution is -2.40. The fraction of sp³-hybridized carbons (Fsp3) is 0.667. The molecule has 0 radical (unpaired) electrons. The first-order valence-electron chi connectivity index (χ1n) is 8.08. The molecule has 2 saturated heterocycles. The summed E-state index contributed by atoms with van der Waals surface area (Å²) in [6.45, 7) is 9.32. The molecule has 0 amide bonds. The molecule has 22 heavy (non-hydrogen) atoms. The molecule has 0 aliphatic carbocycles. The van der Waals surface area contributed by atoms with Crippen molar-refractivity contribution in [2.24, 2.45) is 10.8 Å². The second-order valence-electron chi connectivity index (χ2n) is 7.28. The van der Waals surface area contributed by atoms with Crippen molar-refractivity contribution < 1.29 is 18.9 Å². The Kier molecular flexibility index (Phi) is 4.59. The summed E-state index contributed by atoms with van der Waals surface area (Å²) >= 11 is 0. The molecule has 1 aromatic carbocycles. The molecule has 0 atom stereocenters. The molecule has 2 aliphatic heterocycles. The van der Waals surface area contributed by atoms with Crippen LogP contribution in [0.5, 0.6) is 11.5 Å². The van der Waals surface area contributed by atoms with E-state index < -0.39 is 0 Å². The molecule has 0 bridgehead atoms. The number of rotatable bonds is 8. The van der Waals surface area contributed by atoms with E-state index in [-0.39, 0.29) is 0 Å². The van der Waals surface area contributed by atoms with Gasteiger partial charge in [0.15, 0.2) is 0 Å². The van der Waals surface area contributed by atoms with Crippen molar-refractivity contribution in [3.8, 4) is 11.5 Å². The minimum Gasteiger partial charge on any atom is -0.493 e. The quantitative estimate of drug-likeness (QED) is 0.738. The van der Waals surface area contributed by atoms with Crippen LogP contribution >= 0.6 is 0 Å². The van der Waals surface area contributed by atoms with Gasteiger partial charge in [0.1, 0.15) is 11.5 Å². The van der Waals surface area contributed by atoms with Crippen LogP contribution in [0, 0.1) is 10.8 Å². The third kappa shape index (κ3) is 3.93. The van der Waals surface area contributed by atoms with Crippen LogP contribution in [-0.4, -0.2) is 39.6 Å². The highest BCUT2D eigenvalue weighted by Crippen LogP contribution is 2.32. The molecular weight excluding hydrogens is 280 g/mol. The first kappa shape index (κ1) is 15.6. The fourth-order valence-electron chi connectivity index (χ4n) is 2.67. The van der Waals surface area contributed by atoms with Crippen LogP contribution in [0.4, 0.5) is 0 Å². The molecule has 4 heteroatoms. The Labute approximate surface area is 132 Å². The average molecular weight is 306 g/mol. The zero-order valence-electron chi connectivity index (χ0n) is 13.6. The van der Waals surface area contributed by atoms with Crippen molar-refractivity contribution in [2.45, 2.75) is 26.7 Å². The average Bonchev–Trinajstić information content (AvgIpc) is 2.44. The van der Waals surface area contributed by atoms with E-state index in [0.29, 0.717) is 10.8 Å². The number of ether oxygens (including phenoxy) is 4. The summed E-state index contributed by atoms with van der Waals surface area (Å²) in [6, 6.07) is 7.91. The van der Waals surface area contributed by atoms with E-state index in [1.54, 1.807) is 0 Å². The lowest BCUT2D eigenvalue weighted by Gasteiger charge is -2.38. The number of benzene rings is 1. The number of hydrogen-bond donors (Lipinski definition) is 0. The van der Waals surface area contributed by atoms with Crippen molar-refractivity contribution in [1.82, 2.24) is 0 Å². The fourth-order valence-corrected chi connectivity index (χ4v) is 2.67. The molecule has 3 rings (SSSR count). The van der Waals surface area contributed by atoms with Crippen LogP contribution in [0.15, 0.2) is 24.3 Å². The maximum atomic E-state index is 5.84. The summed E-state index contributed by atoms with van der Waals surface area (Å²) in [4.78, 5) is 0. The van der Waals surface area contributed by atoms with E-state index >= 15 is 0 Å². The summed E-state index contributed by atoms with van der Waals surface area (Å²) in [5.41, 5.74) is 0.600. The Morgan fingerprint density at radius 2 is 1.32 bits per heavy atom. The topological polar surface area (TPSA) is 36.9 Å². The zero-order valence-corrected chi connectivity index (χ0v) is 13.6. The smallest absolute Gasteiger partial charge is 0.122 e. The third-order valence-corrected chi connectivity index (χ3v) is 4.56. The molecule has 1 aromatic rings. The molecule has 0 N–H and O–H groups in total. The van der Waals surface area contributed by atoms with Crippen molar-refractivity contribution in [3.63, 3.8) is 0 Å². The molecule has 2 fully saturated rings. The zero-order chi connectivity index (χ0) is 15.5. The molecule has 4 nitrogen and oxygen atoms in total. The van der Waals surface area contributed by atoms with Gasteiger partial charge in [-0.2, -0.15) is 0 Å². The van der Waals surface area contributed by atoms with Gasteiger partial charge in [-0.3, -0.25) is 0 Å². The highest BCUT2D eigenvalue weighted by molar-refractivity contribution is 5.32. The van der Waals surface area contributed by atoms with Gasteiger partial charge in [0.25, 0.3) is 0 Å². The van der Waals surface area contributed by atoms with Crippen molar-refractivity contribution in [3.05, 3.63) is 24.3 Å². The minimum absolute atomic E-state index is 0.300. The standard InChI is InChI=1S/C18H26O4/c1-17(11-19-12-17)6-8-21-15-4-3-5-16(10-15)22-9-7-18(2)13-20-14-18/h3-5,10H,6-9,11-14H2,1-2H3. The Morgan fingerprint density at radius 3 is 1.68 bits per heavy atom. The van der Waals surface area contributed by atoms with Crippen LogP contribution in [0.1, 0.15) is 26.7 Å². The maximum Gasteiger partial charge on any atom is 0.122 e. The third-order valence-electron chi connectivity index (χ3n) is 4.56. The largest absolute Gasteiger partial charge is 0.493 e. The van der Waals surface area contributed by atoms with Gasteiger partial charge < -0.3 is 18.9 Å². The Hall–Kier alpha value is -1.26. The summed E-state index contributed by atoms with van der Waals surface area (Å²) in [5.74, 6) is 1.75. The number of hydrogen-bond acceptors (Lipinski definition) is 4. The van der Waals surface area contributed by atoms with Crippen molar-refractivity contribution >= 4 is 0 Å². The second kappa shape index (κ2) is 6.47. The van der Waals surface area contributed by atoms with E-state index in [1.807, 2.05) is 24.3 Å². The molecule has 0 spiro atoms. The van der Waals surface area contributed by atoms with E-state index in [9.17, 15) is 0 Å². The van der Waals surface area contributed by atoms with E-state index in [1.165, 1.54) is 0 Å². The Balaban J connectivity index is 1.41. The summed E-state index contributed by atoms with van der Waals surface area (Å²) in [5, 5.41) is 0. The van der Waals surface area contributed by atoms with Crippen LogP contribution in [0.3, 0.4) is 0 Å². The minimum atomic E-state index is 0.300. The molecule has 122 valence electrons. The Bertz CT molecular complexity index is 450. The van der Waals surface area contributed by atoms with Crippen LogP contribution < -0.4 is 9.47 Å². The van der Waals surface area contributed by atoms with Crippen LogP contribution in [-0.2, 0) is 9.47 Å².